The molecule has 1 aliphatic rings. The highest BCUT2D eigenvalue weighted by atomic mass is 32.1. The summed E-state index contributed by atoms with van der Waals surface area (Å²) in [4.78, 5) is 15.9. The molecule has 0 bridgehead atoms. The van der Waals surface area contributed by atoms with E-state index < -0.39 is 5.97 Å². The van der Waals surface area contributed by atoms with E-state index in [9.17, 15) is 9.90 Å². The Bertz CT molecular complexity index is 257. The van der Waals surface area contributed by atoms with E-state index in [4.69, 9.17) is 12.2 Å². The molecule has 92 valence electrons. The molecule has 1 rings (SSSR count). The number of thiocarbonyl (C=S) groups is 1. The topological polar surface area (TPSA) is 51.1 Å². The quantitative estimate of drug-likeness (QED) is 0.561. The Labute approximate surface area is 102 Å². The van der Waals surface area contributed by atoms with E-state index in [2.05, 4.69) is 23.6 Å². The number of hydrogen-bond donors (Lipinski definition) is 1. The maximum absolute atomic E-state index is 10.4. The fourth-order valence-corrected chi connectivity index (χ4v) is 2.24. The lowest BCUT2D eigenvalue weighted by molar-refractivity contribution is -0.921. The summed E-state index contributed by atoms with van der Waals surface area (Å²) < 4.78 is 0. The van der Waals surface area contributed by atoms with E-state index in [1.807, 2.05) is 0 Å². The summed E-state index contributed by atoms with van der Waals surface area (Å²) in [7, 11) is 0. The SMILES string of the molecule is CCN1C[NH+](CCC(=O)[O-])CN(CC)C1=S. The number of carbonyl (C=O) groups excluding carboxylic acids is 1. The third kappa shape index (κ3) is 3.31. The van der Waals surface area contributed by atoms with E-state index in [1.165, 1.54) is 4.90 Å². The Morgan fingerprint density at radius 3 is 2.25 bits per heavy atom. The van der Waals surface area contributed by atoms with Crippen molar-refractivity contribution in [3.8, 4) is 0 Å². The number of carboxylic acid groups (broad SMARTS) is 1. The molecule has 0 atom stereocenters. The lowest BCUT2D eigenvalue weighted by atomic mass is 10.3. The number of carbonyl (C=O) groups is 1. The molecule has 0 aromatic rings. The zero-order valence-corrected chi connectivity index (χ0v) is 10.7. The maximum atomic E-state index is 10.4. The van der Waals surface area contributed by atoms with Gasteiger partial charge in [-0.2, -0.15) is 0 Å². The normalized spacial score (nSPS) is 18.0. The molecule has 1 N–H and O–H groups in total. The number of nitrogens with one attached hydrogen (secondary N) is 1. The monoisotopic (exact) mass is 245 g/mol. The van der Waals surface area contributed by atoms with Gasteiger partial charge in [-0.15, -0.1) is 0 Å². The summed E-state index contributed by atoms with van der Waals surface area (Å²) in [5.41, 5.74) is 0. The van der Waals surface area contributed by atoms with Crippen molar-refractivity contribution in [2.75, 3.05) is 33.0 Å². The molecule has 1 fully saturated rings. The first-order valence-electron chi connectivity index (χ1n) is 5.65. The number of aliphatic carboxylic acids is 1. The van der Waals surface area contributed by atoms with Gasteiger partial charge in [0.25, 0.3) is 0 Å². The van der Waals surface area contributed by atoms with Gasteiger partial charge in [-0.25, -0.2) is 0 Å². The highest BCUT2D eigenvalue weighted by molar-refractivity contribution is 7.80. The van der Waals surface area contributed by atoms with Crippen molar-refractivity contribution in [2.24, 2.45) is 0 Å². The number of hydrogen-bond acceptors (Lipinski definition) is 3. The minimum Gasteiger partial charge on any atom is -0.550 e. The van der Waals surface area contributed by atoms with Gasteiger partial charge in [0.2, 0.25) is 0 Å². The van der Waals surface area contributed by atoms with Gasteiger partial charge < -0.3 is 24.6 Å². The Morgan fingerprint density at radius 2 is 1.88 bits per heavy atom. The minimum atomic E-state index is -0.980. The van der Waals surface area contributed by atoms with Crippen molar-refractivity contribution < 1.29 is 14.8 Å². The van der Waals surface area contributed by atoms with Gasteiger partial charge in [0.15, 0.2) is 18.4 Å². The number of quaternary nitrogens is 1. The minimum absolute atomic E-state index is 0.108. The Balaban J connectivity index is 2.54. The van der Waals surface area contributed by atoms with Crippen LogP contribution in [0.25, 0.3) is 0 Å². The van der Waals surface area contributed by atoms with Crippen LogP contribution in [0.1, 0.15) is 20.3 Å². The van der Waals surface area contributed by atoms with Gasteiger partial charge in [0.1, 0.15) is 0 Å². The second-order valence-corrected chi connectivity index (χ2v) is 4.30. The zero-order chi connectivity index (χ0) is 12.1. The van der Waals surface area contributed by atoms with Crippen molar-refractivity contribution in [3.63, 3.8) is 0 Å². The van der Waals surface area contributed by atoms with Gasteiger partial charge in [-0.05, 0) is 26.1 Å². The highest BCUT2D eigenvalue weighted by Crippen LogP contribution is 1.99. The van der Waals surface area contributed by atoms with Crippen LogP contribution in [0, 0.1) is 0 Å². The van der Waals surface area contributed by atoms with Crippen molar-refractivity contribution in [2.45, 2.75) is 20.3 Å². The first-order valence-corrected chi connectivity index (χ1v) is 6.06. The third-order valence-corrected chi connectivity index (χ3v) is 3.33. The fraction of sp³-hybridized carbons (Fsp3) is 0.800. The van der Waals surface area contributed by atoms with Crippen LogP contribution in [0.2, 0.25) is 0 Å². The molecule has 0 spiro atoms. The molecule has 1 heterocycles. The fourth-order valence-electron chi connectivity index (χ4n) is 1.86. The Hall–Kier alpha value is -0.880. The predicted molar refractivity (Wildman–Crippen MR) is 62.5 cm³/mol. The van der Waals surface area contributed by atoms with Gasteiger partial charge in [-0.3, -0.25) is 0 Å². The summed E-state index contributed by atoms with van der Waals surface area (Å²) in [6.45, 7) is 8.02. The Morgan fingerprint density at radius 1 is 1.38 bits per heavy atom. The maximum Gasteiger partial charge on any atom is 0.180 e. The lowest BCUT2D eigenvalue weighted by Crippen LogP contribution is -3.17. The average Bonchev–Trinajstić information content (AvgIpc) is 2.27. The van der Waals surface area contributed by atoms with Crippen molar-refractivity contribution in [3.05, 3.63) is 0 Å². The number of rotatable bonds is 5. The summed E-state index contributed by atoms with van der Waals surface area (Å²) in [6.07, 6.45) is 0.108. The first-order chi connectivity index (χ1) is 7.58. The predicted octanol–water partition coefficient (Wildman–Crippen LogP) is -2.13. The molecule has 0 aromatic heterocycles. The van der Waals surface area contributed by atoms with Crippen LogP contribution >= 0.6 is 12.2 Å². The van der Waals surface area contributed by atoms with Crippen molar-refractivity contribution >= 4 is 23.3 Å². The zero-order valence-electron chi connectivity index (χ0n) is 9.86. The smallest absolute Gasteiger partial charge is 0.180 e. The molecular weight excluding hydrogens is 226 g/mol. The molecule has 6 heteroatoms. The van der Waals surface area contributed by atoms with Gasteiger partial charge in [-0.1, -0.05) is 0 Å². The van der Waals surface area contributed by atoms with E-state index >= 15 is 0 Å². The molecule has 5 nitrogen and oxygen atoms in total. The molecule has 16 heavy (non-hydrogen) atoms. The largest absolute Gasteiger partial charge is 0.550 e. The van der Waals surface area contributed by atoms with E-state index in [0.29, 0.717) is 6.54 Å². The second-order valence-electron chi connectivity index (χ2n) is 3.93. The summed E-state index contributed by atoms with van der Waals surface area (Å²) in [5, 5.41) is 11.3. The summed E-state index contributed by atoms with van der Waals surface area (Å²) in [6, 6.07) is 0. The molecule has 1 saturated heterocycles. The Kier molecular flexibility index (Phi) is 4.95. The molecule has 0 radical (unpaired) electrons. The molecule has 1 aliphatic heterocycles. The van der Waals surface area contributed by atoms with E-state index in [-0.39, 0.29) is 6.42 Å². The third-order valence-electron chi connectivity index (χ3n) is 2.82. The number of carboxylic acids is 1. The molecule has 0 saturated carbocycles. The van der Waals surface area contributed by atoms with Crippen LogP contribution in [-0.2, 0) is 4.79 Å². The van der Waals surface area contributed by atoms with Crippen LogP contribution < -0.4 is 10.0 Å². The van der Waals surface area contributed by atoms with Gasteiger partial charge in [0, 0.05) is 25.5 Å². The lowest BCUT2D eigenvalue weighted by Gasteiger charge is -2.41. The van der Waals surface area contributed by atoms with Crippen LogP contribution in [0.15, 0.2) is 0 Å². The first kappa shape index (κ1) is 13.2. The highest BCUT2D eigenvalue weighted by Gasteiger charge is 2.27. The van der Waals surface area contributed by atoms with Crippen molar-refractivity contribution in [1.29, 1.82) is 0 Å². The van der Waals surface area contributed by atoms with Crippen molar-refractivity contribution in [1.82, 2.24) is 9.80 Å². The number of nitrogens with zero attached hydrogens (tertiary/aromatic N) is 2. The average molecular weight is 245 g/mol. The molecule has 0 aliphatic carbocycles. The molecule has 0 unspecified atom stereocenters. The summed E-state index contributed by atoms with van der Waals surface area (Å²) in [5.74, 6) is -0.980. The summed E-state index contributed by atoms with van der Waals surface area (Å²) >= 11 is 5.35. The second kappa shape index (κ2) is 6.00. The van der Waals surface area contributed by atoms with Gasteiger partial charge in [0.05, 0.1) is 6.54 Å². The van der Waals surface area contributed by atoms with Crippen LogP contribution in [0.3, 0.4) is 0 Å². The van der Waals surface area contributed by atoms with Crippen LogP contribution in [0.4, 0.5) is 0 Å². The van der Waals surface area contributed by atoms with Gasteiger partial charge >= 0.3 is 0 Å². The standard InChI is InChI=1S/C10H19N3O2S/c1-3-12-7-11(6-5-9(14)15)8-13(4-2)10(12)16/h3-8H2,1-2H3,(H,14,15). The van der Waals surface area contributed by atoms with Crippen LogP contribution in [-0.4, -0.2) is 53.9 Å². The molecular formula is C10H19N3O2S. The molecule has 0 amide bonds. The van der Waals surface area contributed by atoms with E-state index in [0.717, 1.165) is 31.5 Å². The molecule has 0 aromatic carbocycles. The van der Waals surface area contributed by atoms with E-state index in [1.54, 1.807) is 0 Å². The van der Waals surface area contributed by atoms with Crippen LogP contribution in [0.5, 0.6) is 0 Å².